The molecule has 0 aliphatic heterocycles. The van der Waals surface area contributed by atoms with Gasteiger partial charge in [-0.15, -0.1) is 0 Å². The number of hydrogen-bond donors (Lipinski definition) is 4. The molecule has 0 unspecified atom stereocenters. The highest BCUT2D eigenvalue weighted by Gasteiger charge is 2.31. The Balaban J connectivity index is 0.000000221. The molecule has 4 aromatic carbocycles. The van der Waals surface area contributed by atoms with Crippen LogP contribution in [-0.2, 0) is 19.1 Å². The number of nitrogens with one attached hydrogen (secondary N) is 2. The number of nitrogens with zero attached hydrogens (tertiary/aromatic N) is 6. The van der Waals surface area contributed by atoms with Crippen molar-refractivity contribution in [3.63, 3.8) is 0 Å². The third kappa shape index (κ3) is 11.1. The molecular weight excluding hydrogens is 745 g/mol. The van der Waals surface area contributed by atoms with Crippen molar-refractivity contribution < 1.29 is 38.9 Å². The van der Waals surface area contributed by atoms with Crippen molar-refractivity contribution in [2.45, 2.75) is 62.4 Å². The number of carboxylic acid groups (broad SMARTS) is 2. The summed E-state index contributed by atoms with van der Waals surface area (Å²) in [7, 11) is 0. The van der Waals surface area contributed by atoms with E-state index in [2.05, 4.69) is 30.7 Å². The van der Waals surface area contributed by atoms with Crippen LogP contribution in [0, 0.1) is 0 Å². The topological polar surface area (TPSA) is 249 Å². The van der Waals surface area contributed by atoms with E-state index in [4.69, 9.17) is 20.5 Å². The third-order valence-electron chi connectivity index (χ3n) is 10.00. The number of aliphatic carboxylic acids is 2. The van der Waals surface area contributed by atoms with E-state index >= 15 is 0 Å². The Labute approximate surface area is 334 Å². The number of rotatable bonds is 18. The molecule has 0 saturated heterocycles. The Kier molecular flexibility index (Phi) is 15.5. The van der Waals surface area contributed by atoms with Crippen LogP contribution >= 0.6 is 0 Å². The fourth-order valence-electron chi connectivity index (χ4n) is 7.23. The van der Waals surface area contributed by atoms with Gasteiger partial charge in [0.05, 0.1) is 0 Å². The minimum Gasteiger partial charge on any atom is -0.480 e. The Hall–Kier alpha value is -7.02. The fourth-order valence-corrected chi connectivity index (χ4v) is 7.23. The van der Waals surface area contributed by atoms with E-state index in [1.165, 1.54) is 0 Å². The van der Waals surface area contributed by atoms with Crippen molar-refractivity contribution >= 4 is 24.1 Å². The van der Waals surface area contributed by atoms with E-state index in [1.54, 1.807) is 0 Å². The maximum Gasteiger partial charge on any atom is 0.407 e. The fraction of sp³-hybridized carbons (Fsp3) is 0.333. The first-order valence-corrected chi connectivity index (χ1v) is 18.9. The number of azide groups is 2. The lowest BCUT2D eigenvalue weighted by atomic mass is 9.98. The number of carbonyl (C=O) groups is 4. The lowest BCUT2D eigenvalue weighted by molar-refractivity contribution is -0.140. The van der Waals surface area contributed by atoms with Gasteiger partial charge in [0.2, 0.25) is 0 Å². The average Bonchev–Trinajstić information content (AvgIpc) is 3.73. The number of benzene rings is 4. The predicted molar refractivity (Wildman–Crippen MR) is 215 cm³/mol. The SMILES string of the molecule is [N-]=[N+]=NCCCC[C@@H](NC(=O)OCC1c2ccccc2-c2ccccc21)C(=O)O.[N-]=[N+]=NCCCC[C@H](NC(=O)OCC1c2ccccc2-c2ccccc21)C(=O)O. The van der Waals surface area contributed by atoms with Crippen LogP contribution in [0.3, 0.4) is 0 Å². The molecule has 4 aromatic rings. The van der Waals surface area contributed by atoms with Gasteiger partial charge in [-0.25, -0.2) is 19.2 Å². The van der Waals surface area contributed by atoms with Crippen LogP contribution in [0.4, 0.5) is 9.59 Å². The van der Waals surface area contributed by atoms with Crippen molar-refractivity contribution in [3.05, 3.63) is 140 Å². The summed E-state index contributed by atoms with van der Waals surface area (Å²) in [5.74, 6) is -2.41. The van der Waals surface area contributed by atoms with Crippen LogP contribution in [0.1, 0.15) is 72.6 Å². The molecule has 0 radical (unpaired) electrons. The first-order valence-electron chi connectivity index (χ1n) is 18.9. The van der Waals surface area contributed by atoms with Gasteiger partial charge in [0, 0.05) is 34.7 Å². The number of fused-ring (bicyclic) bond motifs is 6. The quantitative estimate of drug-likeness (QED) is 0.0327. The highest BCUT2D eigenvalue weighted by Crippen LogP contribution is 2.45. The highest BCUT2D eigenvalue weighted by atomic mass is 16.6. The van der Waals surface area contributed by atoms with Crippen molar-refractivity contribution in [1.29, 1.82) is 0 Å². The summed E-state index contributed by atoms with van der Waals surface area (Å²) >= 11 is 0. The molecular formula is C42H44N8O8. The van der Waals surface area contributed by atoms with Crippen LogP contribution < -0.4 is 10.6 Å². The number of alkyl carbamates (subject to hydrolysis) is 2. The van der Waals surface area contributed by atoms with E-state index in [0.717, 1.165) is 44.5 Å². The van der Waals surface area contributed by atoms with Crippen LogP contribution in [-0.4, -0.2) is 72.7 Å². The Bertz CT molecular complexity index is 1940. The van der Waals surface area contributed by atoms with E-state index in [0.29, 0.717) is 38.8 Å². The monoisotopic (exact) mass is 788 g/mol. The molecule has 2 amide bonds. The zero-order valence-corrected chi connectivity index (χ0v) is 31.6. The van der Waals surface area contributed by atoms with Gasteiger partial charge in [0.1, 0.15) is 25.3 Å². The molecule has 0 aromatic heterocycles. The molecule has 58 heavy (non-hydrogen) atoms. The average molecular weight is 789 g/mol. The lowest BCUT2D eigenvalue weighted by Gasteiger charge is -2.17. The summed E-state index contributed by atoms with van der Waals surface area (Å²) in [5, 5.41) is 30.3. The van der Waals surface area contributed by atoms with E-state index in [-0.39, 0.29) is 37.9 Å². The standard InChI is InChI=1S/2C21H22N4O4/c2*22-25-23-12-6-5-11-19(20(26)27)24-21(28)29-13-18-16-9-3-1-7-14(16)15-8-2-4-10-17(15)18/h2*1-4,7-10,18-19H,5-6,11-13H2,(H,24,28)(H,26,27)/t2*19-/m10/s1. The molecule has 0 spiro atoms. The van der Waals surface area contributed by atoms with Gasteiger partial charge in [-0.1, -0.05) is 120 Å². The molecule has 4 N–H and O–H groups in total. The molecule has 6 rings (SSSR count). The van der Waals surface area contributed by atoms with Gasteiger partial charge in [0.25, 0.3) is 0 Å². The predicted octanol–water partition coefficient (Wildman–Crippen LogP) is 8.92. The molecule has 0 bridgehead atoms. The molecule has 0 heterocycles. The van der Waals surface area contributed by atoms with Crippen molar-refractivity contribution in [2.75, 3.05) is 26.3 Å². The molecule has 16 nitrogen and oxygen atoms in total. The second kappa shape index (κ2) is 21.3. The minimum absolute atomic E-state index is 0.0831. The zero-order chi connectivity index (χ0) is 41.3. The van der Waals surface area contributed by atoms with Crippen LogP contribution in [0.5, 0.6) is 0 Å². The number of carboxylic acids is 2. The molecule has 0 saturated carbocycles. The third-order valence-corrected chi connectivity index (χ3v) is 10.00. The summed E-state index contributed by atoms with van der Waals surface area (Å²) in [4.78, 5) is 52.5. The molecule has 300 valence electrons. The Morgan fingerprint density at radius 1 is 0.552 bits per heavy atom. The Morgan fingerprint density at radius 2 is 0.862 bits per heavy atom. The van der Waals surface area contributed by atoms with Crippen LogP contribution in [0.2, 0.25) is 0 Å². The van der Waals surface area contributed by atoms with Crippen molar-refractivity contribution in [1.82, 2.24) is 10.6 Å². The van der Waals surface area contributed by atoms with Gasteiger partial charge in [0.15, 0.2) is 0 Å². The van der Waals surface area contributed by atoms with E-state index in [9.17, 15) is 29.4 Å². The van der Waals surface area contributed by atoms with Crippen LogP contribution in [0.15, 0.2) is 107 Å². The second-order valence-corrected chi connectivity index (χ2v) is 13.6. The minimum atomic E-state index is -1.12. The van der Waals surface area contributed by atoms with Crippen molar-refractivity contribution in [3.8, 4) is 22.3 Å². The molecule has 16 heteroatoms. The number of ether oxygens (including phenoxy) is 2. The largest absolute Gasteiger partial charge is 0.480 e. The molecule has 2 aliphatic carbocycles. The van der Waals surface area contributed by atoms with Crippen LogP contribution in [0.25, 0.3) is 43.1 Å². The normalized spacial score (nSPS) is 13.0. The molecule has 2 atom stereocenters. The summed E-state index contributed by atoms with van der Waals surface area (Å²) in [6, 6.07) is 29.9. The first kappa shape index (κ1) is 42.1. The summed E-state index contributed by atoms with van der Waals surface area (Å²) in [6.45, 7) is 0.855. The summed E-state index contributed by atoms with van der Waals surface area (Å²) < 4.78 is 10.8. The van der Waals surface area contributed by atoms with Crippen molar-refractivity contribution in [2.24, 2.45) is 10.2 Å². The second-order valence-electron chi connectivity index (χ2n) is 13.6. The summed E-state index contributed by atoms with van der Waals surface area (Å²) in [6.07, 6.45) is 1.10. The maximum absolute atomic E-state index is 12.2. The Morgan fingerprint density at radius 3 is 1.16 bits per heavy atom. The number of carbonyl (C=O) groups excluding carboxylic acids is 2. The van der Waals surface area contributed by atoms with Gasteiger partial charge >= 0.3 is 24.1 Å². The van der Waals surface area contributed by atoms with E-state index in [1.807, 2.05) is 97.1 Å². The van der Waals surface area contributed by atoms with Gasteiger partial charge in [-0.05, 0) is 81.3 Å². The maximum atomic E-state index is 12.2. The van der Waals surface area contributed by atoms with E-state index < -0.39 is 36.2 Å². The van der Waals surface area contributed by atoms with Gasteiger partial charge < -0.3 is 30.3 Å². The smallest absolute Gasteiger partial charge is 0.407 e. The first-order chi connectivity index (χ1) is 28.2. The lowest BCUT2D eigenvalue weighted by Crippen LogP contribution is -2.41. The number of unbranched alkanes of at least 4 members (excludes halogenated alkanes) is 2. The van der Waals surface area contributed by atoms with Gasteiger partial charge in [-0.3, -0.25) is 0 Å². The van der Waals surface area contributed by atoms with Gasteiger partial charge in [-0.2, -0.15) is 0 Å². The molecule has 2 aliphatic rings. The number of amides is 2. The zero-order valence-electron chi connectivity index (χ0n) is 31.6. The summed E-state index contributed by atoms with van der Waals surface area (Å²) in [5.41, 5.74) is 25.4. The molecule has 0 fully saturated rings. The highest BCUT2D eigenvalue weighted by molar-refractivity contribution is 5.82. The number of hydrogen-bond acceptors (Lipinski definition) is 8.